The molecule has 0 amide bonds. The molecule has 1 aliphatic carbocycles. The van der Waals surface area contributed by atoms with E-state index < -0.39 is 0 Å². The Balaban J connectivity index is 2.93. The molecule has 1 rings (SSSR count). The summed E-state index contributed by atoms with van der Waals surface area (Å²) in [6, 6.07) is 0. The first-order valence-electron chi connectivity index (χ1n) is 5.38. The second-order valence-electron chi connectivity index (χ2n) is 4.60. The molecule has 0 spiro atoms. The molecule has 0 aromatic heterocycles. The summed E-state index contributed by atoms with van der Waals surface area (Å²) in [4.78, 5) is 0. The Labute approximate surface area is 92.6 Å². The lowest BCUT2D eigenvalue weighted by molar-refractivity contribution is 0.350. The summed E-state index contributed by atoms with van der Waals surface area (Å²) in [5.41, 5.74) is 2.82. The molecule has 0 fully saturated rings. The Morgan fingerprint density at radius 2 is 2.07 bits per heavy atom. The zero-order chi connectivity index (χ0) is 11.3. The Hall–Kier alpha value is -1.18. The molecule has 0 aromatic carbocycles. The van der Waals surface area contributed by atoms with Gasteiger partial charge in [-0.25, -0.2) is 0 Å². The smallest absolute Gasteiger partial charge is 0.105 e. The Morgan fingerprint density at radius 1 is 1.33 bits per heavy atom. The van der Waals surface area contributed by atoms with Crippen LogP contribution in [0.4, 0.5) is 0 Å². The van der Waals surface area contributed by atoms with E-state index in [1.807, 2.05) is 0 Å². The van der Waals surface area contributed by atoms with Gasteiger partial charge in [0.1, 0.15) is 6.61 Å². The highest BCUT2D eigenvalue weighted by atomic mass is 16.2. The maximum Gasteiger partial charge on any atom is 0.105 e. The third-order valence-electron chi connectivity index (χ3n) is 2.87. The highest BCUT2D eigenvalue weighted by Crippen LogP contribution is 2.39. The van der Waals surface area contributed by atoms with E-state index in [0.29, 0.717) is 0 Å². The molecule has 0 atom stereocenters. The van der Waals surface area contributed by atoms with Crippen molar-refractivity contribution >= 4 is 0 Å². The molecule has 0 saturated carbocycles. The fourth-order valence-electron chi connectivity index (χ4n) is 2.08. The van der Waals surface area contributed by atoms with Gasteiger partial charge in [0, 0.05) is 5.57 Å². The van der Waals surface area contributed by atoms with E-state index in [4.69, 9.17) is 5.11 Å². The lowest BCUT2D eigenvalue weighted by Crippen LogP contribution is -2.19. The second-order valence-corrected chi connectivity index (χ2v) is 4.60. The van der Waals surface area contributed by atoms with Gasteiger partial charge in [0.05, 0.1) is 0 Å². The predicted molar refractivity (Wildman–Crippen MR) is 63.0 cm³/mol. The minimum absolute atomic E-state index is 0.115. The van der Waals surface area contributed by atoms with Crippen LogP contribution in [-0.4, -0.2) is 11.7 Å². The molecule has 1 aliphatic rings. The summed E-state index contributed by atoms with van der Waals surface area (Å²) in [7, 11) is 0. The first-order valence-corrected chi connectivity index (χ1v) is 5.38. The van der Waals surface area contributed by atoms with Crippen LogP contribution in [0.3, 0.4) is 0 Å². The summed E-state index contributed by atoms with van der Waals surface area (Å²) in [6.07, 6.45) is 3.61. The number of hydrogen-bond acceptors (Lipinski definition) is 1. The first kappa shape index (κ1) is 11.9. The average Bonchev–Trinajstić information content (AvgIpc) is 2.15. The monoisotopic (exact) mass is 202 g/mol. The van der Waals surface area contributed by atoms with E-state index in [2.05, 4.69) is 44.5 Å². The van der Waals surface area contributed by atoms with Gasteiger partial charge in [-0.2, -0.15) is 0 Å². The van der Waals surface area contributed by atoms with Crippen molar-refractivity contribution in [1.29, 1.82) is 0 Å². The fraction of sp³-hybridized carbons (Fsp3) is 0.571. The number of rotatable bonds is 0. The first-order chi connectivity index (χ1) is 7.08. The van der Waals surface area contributed by atoms with Gasteiger partial charge in [0.25, 0.3) is 0 Å². The van der Waals surface area contributed by atoms with Crippen LogP contribution < -0.4 is 0 Å². The molecule has 0 bridgehead atoms. The molecule has 0 unspecified atom stereocenters. The summed E-state index contributed by atoms with van der Waals surface area (Å²) < 4.78 is 0. The van der Waals surface area contributed by atoms with Crippen LogP contribution in [0.2, 0.25) is 0 Å². The summed E-state index contributed by atoms with van der Waals surface area (Å²) in [5.74, 6) is 11.1. The van der Waals surface area contributed by atoms with Crippen LogP contribution in [0.25, 0.3) is 0 Å². The molecule has 80 valence electrons. The molecule has 15 heavy (non-hydrogen) atoms. The van der Waals surface area contributed by atoms with Crippen LogP contribution in [0.5, 0.6) is 0 Å². The van der Waals surface area contributed by atoms with Crippen LogP contribution in [-0.2, 0) is 0 Å². The second kappa shape index (κ2) is 5.06. The van der Waals surface area contributed by atoms with Crippen LogP contribution in [0.1, 0.15) is 40.0 Å². The standard InChI is InChI=1S/C14H18O/c1-12-8-7-10-14(2,3)13(12)9-5-4-6-11-15/h15H,7-8,10-11H2,1-3H3. The number of aliphatic hydroxyl groups excluding tert-OH is 1. The predicted octanol–water partition coefficient (Wildman–Crippen LogP) is 2.51. The van der Waals surface area contributed by atoms with Crippen molar-refractivity contribution < 1.29 is 5.11 Å². The number of hydrogen-bond donors (Lipinski definition) is 1. The molecule has 0 saturated heterocycles. The van der Waals surface area contributed by atoms with Gasteiger partial charge in [-0.3, -0.25) is 0 Å². The van der Waals surface area contributed by atoms with Gasteiger partial charge in [-0.1, -0.05) is 31.3 Å². The maximum absolute atomic E-state index is 8.50. The highest BCUT2D eigenvalue weighted by molar-refractivity contribution is 5.43. The van der Waals surface area contributed by atoms with Crippen LogP contribution in [0.15, 0.2) is 11.1 Å². The third kappa shape index (κ3) is 3.15. The van der Waals surface area contributed by atoms with E-state index in [1.165, 1.54) is 24.0 Å². The Morgan fingerprint density at radius 3 is 2.67 bits per heavy atom. The zero-order valence-corrected chi connectivity index (χ0v) is 9.78. The van der Waals surface area contributed by atoms with Gasteiger partial charge in [-0.05, 0) is 43.4 Å². The zero-order valence-electron chi connectivity index (χ0n) is 9.78. The lowest BCUT2D eigenvalue weighted by atomic mass is 9.73. The lowest BCUT2D eigenvalue weighted by Gasteiger charge is -2.31. The molecule has 0 aliphatic heterocycles. The molecular weight excluding hydrogens is 184 g/mol. The van der Waals surface area contributed by atoms with Crippen molar-refractivity contribution in [3.05, 3.63) is 11.1 Å². The summed E-state index contributed by atoms with van der Waals surface area (Å²) in [5, 5.41) is 8.50. The Bertz CT molecular complexity index is 377. The molecule has 0 aromatic rings. The SMILES string of the molecule is CC1=C(C#CC#CCO)C(C)(C)CCC1. The van der Waals surface area contributed by atoms with Gasteiger partial charge in [0.15, 0.2) is 0 Å². The molecule has 1 nitrogen and oxygen atoms in total. The van der Waals surface area contributed by atoms with E-state index in [1.54, 1.807) is 0 Å². The quantitative estimate of drug-likeness (QED) is 0.598. The maximum atomic E-state index is 8.50. The Kier molecular flexibility index (Phi) is 4.01. The molecule has 0 heterocycles. The van der Waals surface area contributed by atoms with Crippen molar-refractivity contribution in [2.24, 2.45) is 5.41 Å². The van der Waals surface area contributed by atoms with Crippen molar-refractivity contribution in [3.8, 4) is 23.7 Å². The molecule has 0 radical (unpaired) electrons. The number of allylic oxidation sites excluding steroid dienone is 2. The van der Waals surface area contributed by atoms with E-state index in [9.17, 15) is 0 Å². The topological polar surface area (TPSA) is 20.2 Å². The molecule has 1 N–H and O–H groups in total. The van der Waals surface area contributed by atoms with Gasteiger partial charge < -0.3 is 5.11 Å². The summed E-state index contributed by atoms with van der Waals surface area (Å²) in [6.45, 7) is 6.51. The van der Waals surface area contributed by atoms with Crippen LogP contribution >= 0.6 is 0 Å². The van der Waals surface area contributed by atoms with E-state index in [-0.39, 0.29) is 12.0 Å². The largest absolute Gasteiger partial charge is 0.384 e. The van der Waals surface area contributed by atoms with Gasteiger partial charge in [-0.15, -0.1) is 0 Å². The molecular formula is C14H18O. The fourth-order valence-corrected chi connectivity index (χ4v) is 2.08. The van der Waals surface area contributed by atoms with E-state index in [0.717, 1.165) is 6.42 Å². The van der Waals surface area contributed by atoms with Crippen molar-refractivity contribution in [2.45, 2.75) is 40.0 Å². The third-order valence-corrected chi connectivity index (χ3v) is 2.87. The number of aliphatic hydroxyl groups is 1. The average molecular weight is 202 g/mol. The van der Waals surface area contributed by atoms with Gasteiger partial charge >= 0.3 is 0 Å². The van der Waals surface area contributed by atoms with Crippen molar-refractivity contribution in [2.75, 3.05) is 6.61 Å². The minimum Gasteiger partial charge on any atom is -0.384 e. The normalized spacial score (nSPS) is 18.7. The summed E-state index contributed by atoms with van der Waals surface area (Å²) >= 11 is 0. The van der Waals surface area contributed by atoms with E-state index >= 15 is 0 Å². The van der Waals surface area contributed by atoms with Crippen molar-refractivity contribution in [1.82, 2.24) is 0 Å². The van der Waals surface area contributed by atoms with Crippen molar-refractivity contribution in [3.63, 3.8) is 0 Å². The van der Waals surface area contributed by atoms with Crippen LogP contribution in [0, 0.1) is 29.1 Å². The highest BCUT2D eigenvalue weighted by Gasteiger charge is 2.26. The minimum atomic E-state index is -0.115. The molecule has 1 heteroatoms. The van der Waals surface area contributed by atoms with Gasteiger partial charge in [0.2, 0.25) is 0 Å².